The highest BCUT2D eigenvalue weighted by atomic mass is 35.5. The van der Waals surface area contributed by atoms with E-state index in [-0.39, 0.29) is 24.4 Å². The molecule has 1 aliphatic rings. The Hall–Kier alpha value is -1.69. The molecule has 0 heterocycles. The number of carbonyl (C=O) groups is 2. The average molecular weight is 494 g/mol. The molecule has 2 aromatic carbocycles. The topological polar surface area (TPSA) is 49.4 Å². The third-order valence-electron chi connectivity index (χ3n) is 5.84. The third-order valence-corrected chi connectivity index (χ3v) is 7.56. The summed E-state index contributed by atoms with van der Waals surface area (Å²) in [7, 11) is 0. The predicted octanol–water partition coefficient (Wildman–Crippen LogP) is 6.34. The number of nitrogens with one attached hydrogen (secondary N) is 1. The number of hydrogen-bond donors (Lipinski definition) is 1. The van der Waals surface area contributed by atoms with E-state index in [2.05, 4.69) is 5.32 Å². The van der Waals surface area contributed by atoms with E-state index < -0.39 is 6.04 Å². The van der Waals surface area contributed by atoms with E-state index in [1.54, 1.807) is 41.8 Å². The Morgan fingerprint density at radius 2 is 1.69 bits per heavy atom. The third kappa shape index (κ3) is 7.16. The molecule has 0 spiro atoms. The smallest absolute Gasteiger partial charge is 0.242 e. The second-order valence-corrected chi connectivity index (χ2v) is 10.1. The fourth-order valence-electron chi connectivity index (χ4n) is 3.92. The first-order valence-corrected chi connectivity index (χ1v) is 12.9. The van der Waals surface area contributed by atoms with Crippen molar-refractivity contribution in [2.45, 2.75) is 69.0 Å². The summed E-state index contributed by atoms with van der Waals surface area (Å²) in [6.07, 6.45) is 5.80. The summed E-state index contributed by atoms with van der Waals surface area (Å²) in [5.41, 5.74) is 0.664. The van der Waals surface area contributed by atoms with Crippen LogP contribution in [0, 0.1) is 0 Å². The number of carbonyl (C=O) groups excluding carboxylic acids is 2. The summed E-state index contributed by atoms with van der Waals surface area (Å²) in [5, 5.41) is 4.14. The lowest BCUT2D eigenvalue weighted by atomic mass is 9.95. The van der Waals surface area contributed by atoms with E-state index in [1.165, 1.54) is 6.42 Å². The monoisotopic (exact) mass is 492 g/mol. The van der Waals surface area contributed by atoms with E-state index in [0.717, 1.165) is 30.6 Å². The molecule has 32 heavy (non-hydrogen) atoms. The molecule has 172 valence electrons. The second kappa shape index (κ2) is 12.5. The highest BCUT2D eigenvalue weighted by molar-refractivity contribution is 7.99. The molecule has 1 fully saturated rings. The quantitative estimate of drug-likeness (QED) is 0.415. The maximum absolute atomic E-state index is 13.2. The molecule has 7 heteroatoms. The van der Waals surface area contributed by atoms with Gasteiger partial charge in [0.25, 0.3) is 0 Å². The number of amides is 2. The standard InChI is InChI=1S/C25H30Cl2N2O2S/c1-18(25(31)28-19-9-4-2-5-10-19)29(17-21-22(26)13-8-14-23(21)27)24(30)15-16-32-20-11-6-3-7-12-20/h3,6-8,11-14,18-19H,2,4-5,9-10,15-17H2,1H3,(H,28,31)/t18-/m1/s1. The van der Waals surface area contributed by atoms with Crippen LogP contribution < -0.4 is 5.32 Å². The van der Waals surface area contributed by atoms with Gasteiger partial charge in [0.15, 0.2) is 0 Å². The van der Waals surface area contributed by atoms with Crippen LogP contribution in [0.15, 0.2) is 53.4 Å². The van der Waals surface area contributed by atoms with Gasteiger partial charge in [-0.2, -0.15) is 0 Å². The van der Waals surface area contributed by atoms with Gasteiger partial charge in [-0.1, -0.05) is 66.7 Å². The van der Waals surface area contributed by atoms with Crippen LogP contribution in [0.25, 0.3) is 0 Å². The molecule has 2 amide bonds. The molecule has 0 aliphatic heterocycles. The van der Waals surface area contributed by atoms with Crippen LogP contribution >= 0.6 is 35.0 Å². The Kier molecular flexibility index (Phi) is 9.76. The number of benzene rings is 2. The molecule has 1 atom stereocenters. The van der Waals surface area contributed by atoms with Crippen molar-refractivity contribution in [3.8, 4) is 0 Å². The number of hydrogen-bond acceptors (Lipinski definition) is 3. The fraction of sp³-hybridized carbons (Fsp3) is 0.440. The van der Waals surface area contributed by atoms with Crippen molar-refractivity contribution in [2.24, 2.45) is 0 Å². The molecular weight excluding hydrogens is 463 g/mol. The Labute approximate surface area is 205 Å². The Morgan fingerprint density at radius 1 is 1.03 bits per heavy atom. The number of thioether (sulfide) groups is 1. The highest BCUT2D eigenvalue weighted by Gasteiger charge is 2.29. The first kappa shape index (κ1) is 24.9. The molecule has 0 aromatic heterocycles. The number of nitrogens with zero attached hydrogens (tertiary/aromatic N) is 1. The minimum Gasteiger partial charge on any atom is -0.352 e. The van der Waals surface area contributed by atoms with E-state index in [9.17, 15) is 9.59 Å². The average Bonchev–Trinajstić information content (AvgIpc) is 2.80. The van der Waals surface area contributed by atoms with Crippen molar-refractivity contribution >= 4 is 46.8 Å². The zero-order valence-electron chi connectivity index (χ0n) is 18.4. The number of rotatable bonds is 9. The van der Waals surface area contributed by atoms with Crippen LogP contribution in [0.1, 0.15) is 51.0 Å². The molecule has 0 unspecified atom stereocenters. The number of halogens is 2. The van der Waals surface area contributed by atoms with Gasteiger partial charge in [-0.3, -0.25) is 9.59 Å². The van der Waals surface area contributed by atoms with Gasteiger partial charge >= 0.3 is 0 Å². The summed E-state index contributed by atoms with van der Waals surface area (Å²) in [4.78, 5) is 29.0. The molecule has 0 saturated heterocycles. The largest absolute Gasteiger partial charge is 0.352 e. The zero-order chi connectivity index (χ0) is 22.9. The lowest BCUT2D eigenvalue weighted by Crippen LogP contribution is -2.50. The molecule has 3 rings (SSSR count). The van der Waals surface area contributed by atoms with Gasteiger partial charge < -0.3 is 10.2 Å². The second-order valence-electron chi connectivity index (χ2n) is 8.15. The normalized spacial score (nSPS) is 15.2. The van der Waals surface area contributed by atoms with Crippen LogP contribution in [0.3, 0.4) is 0 Å². The minimum atomic E-state index is -0.613. The maximum atomic E-state index is 13.2. The van der Waals surface area contributed by atoms with E-state index in [0.29, 0.717) is 27.8 Å². The molecule has 2 aromatic rings. The molecule has 4 nitrogen and oxygen atoms in total. The van der Waals surface area contributed by atoms with E-state index >= 15 is 0 Å². The van der Waals surface area contributed by atoms with Crippen molar-refractivity contribution in [2.75, 3.05) is 5.75 Å². The van der Waals surface area contributed by atoms with Crippen molar-refractivity contribution in [1.29, 1.82) is 0 Å². The van der Waals surface area contributed by atoms with Crippen LogP contribution in [0.4, 0.5) is 0 Å². The maximum Gasteiger partial charge on any atom is 0.242 e. The molecule has 0 bridgehead atoms. The van der Waals surface area contributed by atoms with E-state index in [4.69, 9.17) is 23.2 Å². The summed E-state index contributed by atoms with van der Waals surface area (Å²) in [5.74, 6) is 0.423. The summed E-state index contributed by atoms with van der Waals surface area (Å²) in [6.45, 7) is 1.98. The Balaban J connectivity index is 1.70. The van der Waals surface area contributed by atoms with Gasteiger partial charge in [0, 0.05) is 45.3 Å². The van der Waals surface area contributed by atoms with Crippen LogP contribution in [-0.2, 0) is 16.1 Å². The Bertz CT molecular complexity index is 884. The van der Waals surface area contributed by atoms with Crippen molar-refractivity contribution in [3.05, 3.63) is 64.1 Å². The molecule has 1 saturated carbocycles. The summed E-state index contributed by atoms with van der Waals surface area (Å²) >= 11 is 14.4. The highest BCUT2D eigenvalue weighted by Crippen LogP contribution is 2.27. The fourth-order valence-corrected chi connectivity index (χ4v) is 5.30. The molecule has 1 aliphatic carbocycles. The Morgan fingerprint density at radius 3 is 2.34 bits per heavy atom. The van der Waals surface area contributed by atoms with Gasteiger partial charge in [-0.05, 0) is 44.0 Å². The van der Waals surface area contributed by atoms with Gasteiger partial charge in [-0.25, -0.2) is 0 Å². The lowest BCUT2D eigenvalue weighted by molar-refractivity contribution is -0.140. The van der Waals surface area contributed by atoms with Crippen LogP contribution in [-0.4, -0.2) is 34.6 Å². The molecular formula is C25H30Cl2N2O2S. The first-order chi connectivity index (χ1) is 15.5. The van der Waals surface area contributed by atoms with Crippen molar-refractivity contribution in [3.63, 3.8) is 0 Å². The molecule has 0 radical (unpaired) electrons. The van der Waals surface area contributed by atoms with Crippen LogP contribution in [0.2, 0.25) is 10.0 Å². The van der Waals surface area contributed by atoms with Gasteiger partial charge in [0.1, 0.15) is 6.04 Å². The first-order valence-electron chi connectivity index (χ1n) is 11.2. The predicted molar refractivity (Wildman–Crippen MR) is 133 cm³/mol. The van der Waals surface area contributed by atoms with Crippen molar-refractivity contribution in [1.82, 2.24) is 10.2 Å². The zero-order valence-corrected chi connectivity index (χ0v) is 20.7. The summed E-state index contributed by atoms with van der Waals surface area (Å²) in [6, 6.07) is 14.8. The SMILES string of the molecule is C[C@H](C(=O)NC1CCCCC1)N(Cc1c(Cl)cccc1Cl)C(=O)CCSc1ccccc1. The lowest BCUT2D eigenvalue weighted by Gasteiger charge is -2.31. The summed E-state index contributed by atoms with van der Waals surface area (Å²) < 4.78 is 0. The molecule has 1 N–H and O–H groups in total. The van der Waals surface area contributed by atoms with E-state index in [1.807, 2.05) is 30.3 Å². The van der Waals surface area contributed by atoms with Gasteiger partial charge in [0.2, 0.25) is 11.8 Å². The van der Waals surface area contributed by atoms with Crippen LogP contribution in [0.5, 0.6) is 0 Å². The van der Waals surface area contributed by atoms with Gasteiger partial charge in [-0.15, -0.1) is 11.8 Å². The van der Waals surface area contributed by atoms with Crippen molar-refractivity contribution < 1.29 is 9.59 Å². The van der Waals surface area contributed by atoms with Gasteiger partial charge in [0.05, 0.1) is 0 Å². The minimum absolute atomic E-state index is 0.0873.